The van der Waals surface area contributed by atoms with Gasteiger partial charge >= 0.3 is 0 Å². The van der Waals surface area contributed by atoms with Crippen LogP contribution in [-0.2, 0) is 4.74 Å². The molecule has 1 aromatic heterocycles. The molecule has 1 N–H and O–H groups in total. The topological polar surface area (TPSA) is 42.4 Å². The Labute approximate surface area is 107 Å². The summed E-state index contributed by atoms with van der Waals surface area (Å²) in [5, 5.41) is 12.5. The van der Waals surface area contributed by atoms with Crippen molar-refractivity contribution in [1.29, 1.82) is 0 Å². The zero-order valence-corrected chi connectivity index (χ0v) is 10.8. The maximum Gasteiger partial charge on any atom is 0.107 e. The van der Waals surface area contributed by atoms with E-state index in [0.29, 0.717) is 0 Å². The molecule has 0 aliphatic carbocycles. The number of rotatable bonds is 5. The minimum atomic E-state index is -0.631. The SMILES string of the molecule is CCCC(OC)C(O)c1cncc2ccccc12. The fourth-order valence-corrected chi connectivity index (χ4v) is 2.26. The Balaban J connectivity index is 2.40. The Morgan fingerprint density at radius 3 is 2.78 bits per heavy atom. The van der Waals surface area contributed by atoms with Crippen molar-refractivity contribution in [2.24, 2.45) is 0 Å². The first-order valence-electron chi connectivity index (χ1n) is 6.31. The van der Waals surface area contributed by atoms with Crippen molar-refractivity contribution in [2.75, 3.05) is 7.11 Å². The highest BCUT2D eigenvalue weighted by atomic mass is 16.5. The van der Waals surface area contributed by atoms with Crippen LogP contribution in [0.5, 0.6) is 0 Å². The number of hydrogen-bond acceptors (Lipinski definition) is 3. The van der Waals surface area contributed by atoms with Crippen LogP contribution in [0.3, 0.4) is 0 Å². The maximum atomic E-state index is 10.4. The third-order valence-electron chi connectivity index (χ3n) is 3.25. The van der Waals surface area contributed by atoms with Crippen LogP contribution in [0.2, 0.25) is 0 Å². The largest absolute Gasteiger partial charge is 0.386 e. The Kier molecular flexibility index (Phi) is 4.28. The summed E-state index contributed by atoms with van der Waals surface area (Å²) in [4.78, 5) is 4.20. The number of nitrogens with zero attached hydrogens (tertiary/aromatic N) is 1. The fourth-order valence-electron chi connectivity index (χ4n) is 2.26. The molecule has 0 aliphatic heterocycles. The van der Waals surface area contributed by atoms with Crippen LogP contribution in [0.1, 0.15) is 31.4 Å². The average Bonchev–Trinajstić information content (AvgIpc) is 2.43. The van der Waals surface area contributed by atoms with E-state index in [1.807, 2.05) is 30.5 Å². The molecule has 0 saturated carbocycles. The summed E-state index contributed by atoms with van der Waals surface area (Å²) in [6, 6.07) is 7.95. The minimum absolute atomic E-state index is 0.178. The van der Waals surface area contributed by atoms with Gasteiger partial charge in [-0.1, -0.05) is 37.6 Å². The van der Waals surface area contributed by atoms with Crippen molar-refractivity contribution in [3.63, 3.8) is 0 Å². The number of benzene rings is 1. The van der Waals surface area contributed by atoms with Crippen molar-refractivity contribution >= 4 is 10.8 Å². The van der Waals surface area contributed by atoms with Gasteiger partial charge in [0.15, 0.2) is 0 Å². The molecule has 0 spiro atoms. The van der Waals surface area contributed by atoms with E-state index in [0.717, 1.165) is 29.2 Å². The molecule has 3 heteroatoms. The fraction of sp³-hybridized carbons (Fsp3) is 0.400. The first-order chi connectivity index (χ1) is 8.77. The molecule has 0 amide bonds. The van der Waals surface area contributed by atoms with Gasteiger partial charge in [0, 0.05) is 30.5 Å². The van der Waals surface area contributed by atoms with E-state index >= 15 is 0 Å². The van der Waals surface area contributed by atoms with Gasteiger partial charge in [-0.2, -0.15) is 0 Å². The second-order valence-electron chi connectivity index (χ2n) is 4.46. The van der Waals surface area contributed by atoms with Crippen molar-refractivity contribution in [2.45, 2.75) is 32.0 Å². The highest BCUT2D eigenvalue weighted by molar-refractivity contribution is 5.84. The van der Waals surface area contributed by atoms with Crippen molar-refractivity contribution < 1.29 is 9.84 Å². The Hall–Kier alpha value is -1.45. The first kappa shape index (κ1) is 13.0. The molecule has 2 rings (SSSR count). The zero-order chi connectivity index (χ0) is 13.0. The molecule has 0 saturated heterocycles. The normalized spacial score (nSPS) is 14.6. The van der Waals surface area contributed by atoms with Gasteiger partial charge in [-0.25, -0.2) is 0 Å². The van der Waals surface area contributed by atoms with Crippen molar-refractivity contribution in [3.05, 3.63) is 42.2 Å². The number of aliphatic hydroxyl groups is 1. The van der Waals surface area contributed by atoms with Gasteiger partial charge in [0.05, 0.1) is 6.10 Å². The minimum Gasteiger partial charge on any atom is -0.386 e. The molecular formula is C15H19NO2. The second kappa shape index (κ2) is 5.94. The number of fused-ring (bicyclic) bond motifs is 1. The predicted molar refractivity (Wildman–Crippen MR) is 72.4 cm³/mol. The van der Waals surface area contributed by atoms with E-state index in [1.165, 1.54) is 0 Å². The number of hydrogen-bond donors (Lipinski definition) is 1. The summed E-state index contributed by atoms with van der Waals surface area (Å²) in [6.07, 6.45) is 4.55. The van der Waals surface area contributed by atoms with Crippen LogP contribution in [-0.4, -0.2) is 23.3 Å². The number of ether oxygens (including phenoxy) is 1. The monoisotopic (exact) mass is 245 g/mol. The predicted octanol–water partition coefficient (Wildman–Crippen LogP) is 3.08. The van der Waals surface area contributed by atoms with Gasteiger partial charge in [0.1, 0.15) is 6.10 Å². The average molecular weight is 245 g/mol. The summed E-state index contributed by atoms with van der Waals surface area (Å²) in [6.45, 7) is 2.08. The molecule has 0 aliphatic rings. The van der Waals surface area contributed by atoms with Gasteiger partial charge in [0.2, 0.25) is 0 Å². The summed E-state index contributed by atoms with van der Waals surface area (Å²) < 4.78 is 5.38. The van der Waals surface area contributed by atoms with Gasteiger partial charge in [-0.3, -0.25) is 4.98 Å². The second-order valence-corrected chi connectivity index (χ2v) is 4.46. The van der Waals surface area contributed by atoms with Crippen molar-refractivity contribution in [3.8, 4) is 0 Å². The summed E-state index contributed by atoms with van der Waals surface area (Å²) in [5.41, 5.74) is 0.841. The molecule has 0 radical (unpaired) electrons. The molecule has 3 nitrogen and oxygen atoms in total. The van der Waals surface area contributed by atoms with Gasteiger partial charge in [-0.15, -0.1) is 0 Å². The molecule has 0 fully saturated rings. The highest BCUT2D eigenvalue weighted by Gasteiger charge is 2.21. The molecule has 2 aromatic rings. The lowest BCUT2D eigenvalue weighted by molar-refractivity contribution is -0.0174. The van der Waals surface area contributed by atoms with E-state index < -0.39 is 6.10 Å². The number of methoxy groups -OCH3 is 1. The van der Waals surface area contributed by atoms with E-state index in [9.17, 15) is 5.11 Å². The lowest BCUT2D eigenvalue weighted by Gasteiger charge is -2.22. The lowest BCUT2D eigenvalue weighted by Crippen LogP contribution is -2.21. The van der Waals surface area contributed by atoms with Crippen LogP contribution >= 0.6 is 0 Å². The Morgan fingerprint density at radius 2 is 2.06 bits per heavy atom. The smallest absolute Gasteiger partial charge is 0.107 e. The molecule has 18 heavy (non-hydrogen) atoms. The van der Waals surface area contributed by atoms with E-state index in [-0.39, 0.29) is 6.10 Å². The van der Waals surface area contributed by atoms with Gasteiger partial charge < -0.3 is 9.84 Å². The Bertz CT molecular complexity index is 507. The molecular weight excluding hydrogens is 226 g/mol. The van der Waals surface area contributed by atoms with Crippen LogP contribution in [0.25, 0.3) is 10.8 Å². The van der Waals surface area contributed by atoms with Crippen LogP contribution in [0.15, 0.2) is 36.7 Å². The lowest BCUT2D eigenvalue weighted by atomic mass is 9.98. The summed E-state index contributed by atoms with van der Waals surface area (Å²) in [5.74, 6) is 0. The van der Waals surface area contributed by atoms with Crippen LogP contribution in [0, 0.1) is 0 Å². The van der Waals surface area contributed by atoms with E-state index in [2.05, 4.69) is 11.9 Å². The van der Waals surface area contributed by atoms with Crippen LogP contribution in [0.4, 0.5) is 0 Å². The van der Waals surface area contributed by atoms with Crippen LogP contribution < -0.4 is 0 Å². The number of aromatic nitrogens is 1. The van der Waals surface area contributed by atoms with Crippen molar-refractivity contribution in [1.82, 2.24) is 4.98 Å². The van der Waals surface area contributed by atoms with E-state index in [1.54, 1.807) is 13.3 Å². The molecule has 1 aromatic carbocycles. The number of aliphatic hydroxyl groups excluding tert-OH is 1. The Morgan fingerprint density at radius 1 is 1.28 bits per heavy atom. The standard InChI is InChI=1S/C15H19NO2/c1-3-6-14(18-2)15(17)13-10-16-9-11-7-4-5-8-12(11)13/h4-5,7-10,14-15,17H,3,6H2,1-2H3. The molecule has 2 atom stereocenters. The van der Waals surface area contributed by atoms with Gasteiger partial charge in [0.25, 0.3) is 0 Å². The number of pyridine rings is 1. The third kappa shape index (κ3) is 2.52. The molecule has 1 heterocycles. The summed E-state index contributed by atoms with van der Waals surface area (Å²) >= 11 is 0. The zero-order valence-electron chi connectivity index (χ0n) is 10.8. The van der Waals surface area contributed by atoms with Gasteiger partial charge in [-0.05, 0) is 11.8 Å². The molecule has 96 valence electrons. The third-order valence-corrected chi connectivity index (χ3v) is 3.25. The summed E-state index contributed by atoms with van der Waals surface area (Å²) in [7, 11) is 1.64. The highest BCUT2D eigenvalue weighted by Crippen LogP contribution is 2.27. The quantitative estimate of drug-likeness (QED) is 0.880. The molecule has 0 bridgehead atoms. The molecule has 2 unspecified atom stereocenters. The first-order valence-corrected chi connectivity index (χ1v) is 6.31. The van der Waals surface area contributed by atoms with E-state index in [4.69, 9.17) is 4.74 Å². The maximum absolute atomic E-state index is 10.4.